The summed E-state index contributed by atoms with van der Waals surface area (Å²) in [5, 5.41) is 3.15. The molecule has 1 aliphatic carbocycles. The largest absolute Gasteiger partial charge is 0.511 e. The van der Waals surface area contributed by atoms with Crippen molar-refractivity contribution >= 4 is 10.0 Å². The van der Waals surface area contributed by atoms with Crippen LogP contribution < -0.4 is 10.0 Å². The quantitative estimate of drug-likeness (QED) is 0.816. The van der Waals surface area contributed by atoms with E-state index < -0.39 is 15.5 Å². The Morgan fingerprint density at radius 1 is 1.22 bits per heavy atom. The lowest BCUT2D eigenvalue weighted by Gasteiger charge is -2.38. The predicted molar refractivity (Wildman–Crippen MR) is 60.2 cm³/mol. The van der Waals surface area contributed by atoms with E-state index in [2.05, 4.69) is 5.32 Å². The molecule has 1 saturated carbocycles. The topological polar surface area (TPSA) is 58.2 Å². The van der Waals surface area contributed by atoms with Crippen LogP contribution in [0.4, 0.5) is 13.2 Å². The molecule has 0 radical (unpaired) electrons. The number of piperidine rings is 1. The lowest BCUT2D eigenvalue weighted by atomic mass is 9.75. The molecule has 0 bridgehead atoms. The highest BCUT2D eigenvalue weighted by Crippen LogP contribution is 2.50. The minimum atomic E-state index is -5.22. The zero-order valence-corrected chi connectivity index (χ0v) is 10.7. The van der Waals surface area contributed by atoms with Crippen LogP contribution in [0.25, 0.3) is 0 Å². The van der Waals surface area contributed by atoms with Crippen molar-refractivity contribution in [3.8, 4) is 0 Å². The van der Waals surface area contributed by atoms with E-state index in [9.17, 15) is 21.6 Å². The number of alkyl halides is 3. The van der Waals surface area contributed by atoms with Gasteiger partial charge in [0.15, 0.2) is 0 Å². The average molecular weight is 286 g/mol. The molecule has 1 saturated heterocycles. The first-order valence-corrected chi connectivity index (χ1v) is 7.52. The molecule has 0 aromatic rings. The molecule has 2 N–H and O–H groups in total. The molecule has 8 heteroatoms. The van der Waals surface area contributed by atoms with Crippen molar-refractivity contribution in [2.24, 2.45) is 11.3 Å². The summed E-state index contributed by atoms with van der Waals surface area (Å²) in [6.07, 6.45) is 3.46. The first-order valence-electron chi connectivity index (χ1n) is 6.04. The average Bonchev–Trinajstić information content (AvgIpc) is 3.10. The Hall–Kier alpha value is -0.340. The molecular weight excluding hydrogens is 269 g/mol. The zero-order valence-electron chi connectivity index (χ0n) is 9.89. The summed E-state index contributed by atoms with van der Waals surface area (Å²) in [5.74, 6) is 0.371. The summed E-state index contributed by atoms with van der Waals surface area (Å²) < 4.78 is 60.6. The van der Waals surface area contributed by atoms with Gasteiger partial charge >= 0.3 is 15.5 Å². The zero-order chi connectivity index (χ0) is 13.4. The predicted octanol–water partition coefficient (Wildman–Crippen LogP) is 1.21. The van der Waals surface area contributed by atoms with Gasteiger partial charge in [0.2, 0.25) is 0 Å². The lowest BCUT2D eigenvalue weighted by molar-refractivity contribution is -0.0451. The standard InChI is InChI=1S/C10H17F3N2O2S/c11-10(12,13)18(16,17)15-7-9(8-1-2-8)3-5-14-6-4-9/h8,14-15H,1-7H2. The van der Waals surface area contributed by atoms with E-state index >= 15 is 0 Å². The van der Waals surface area contributed by atoms with Gasteiger partial charge in [-0.05, 0) is 50.1 Å². The summed E-state index contributed by atoms with van der Waals surface area (Å²) in [4.78, 5) is 0. The second kappa shape index (κ2) is 4.64. The minimum Gasteiger partial charge on any atom is -0.317 e. The van der Waals surface area contributed by atoms with Crippen molar-refractivity contribution < 1.29 is 21.6 Å². The van der Waals surface area contributed by atoms with Crippen molar-refractivity contribution in [3.63, 3.8) is 0 Å². The van der Waals surface area contributed by atoms with Crippen LogP contribution in [0.15, 0.2) is 0 Å². The Labute approximate surface area is 104 Å². The van der Waals surface area contributed by atoms with Crippen LogP contribution in [0.1, 0.15) is 25.7 Å². The summed E-state index contributed by atoms with van der Waals surface area (Å²) in [6.45, 7) is 1.38. The van der Waals surface area contributed by atoms with Crippen molar-refractivity contribution in [2.75, 3.05) is 19.6 Å². The summed E-state index contributed by atoms with van der Waals surface area (Å²) in [7, 11) is -5.21. The highest BCUT2D eigenvalue weighted by molar-refractivity contribution is 7.90. The van der Waals surface area contributed by atoms with Gasteiger partial charge in [-0.1, -0.05) is 0 Å². The monoisotopic (exact) mass is 286 g/mol. The van der Waals surface area contributed by atoms with Crippen LogP contribution >= 0.6 is 0 Å². The van der Waals surface area contributed by atoms with Crippen LogP contribution in [0.5, 0.6) is 0 Å². The second-order valence-electron chi connectivity index (χ2n) is 5.16. The fraction of sp³-hybridized carbons (Fsp3) is 1.00. The number of rotatable bonds is 4. The van der Waals surface area contributed by atoms with E-state index in [1.807, 2.05) is 0 Å². The molecule has 0 aromatic carbocycles. The summed E-state index contributed by atoms with van der Waals surface area (Å²) in [5.41, 5.74) is -5.51. The van der Waals surface area contributed by atoms with Crippen molar-refractivity contribution in [1.29, 1.82) is 0 Å². The molecule has 18 heavy (non-hydrogen) atoms. The highest BCUT2D eigenvalue weighted by Gasteiger charge is 2.50. The SMILES string of the molecule is O=S(=O)(NCC1(C2CC2)CCNCC1)C(F)(F)F. The number of nitrogens with one attached hydrogen (secondary N) is 2. The van der Waals surface area contributed by atoms with E-state index in [0.717, 1.165) is 38.8 Å². The second-order valence-corrected chi connectivity index (χ2v) is 6.92. The normalized spacial score (nSPS) is 25.1. The van der Waals surface area contributed by atoms with Gasteiger partial charge in [0.05, 0.1) is 0 Å². The number of halogens is 3. The lowest BCUT2D eigenvalue weighted by Crippen LogP contribution is -2.48. The third-order valence-corrected chi connectivity index (χ3v) is 5.10. The summed E-state index contributed by atoms with van der Waals surface area (Å²) in [6, 6.07) is 0. The van der Waals surface area contributed by atoms with E-state index in [1.165, 1.54) is 0 Å². The fourth-order valence-corrected chi connectivity index (χ4v) is 3.31. The Bertz CT molecular complexity index is 398. The third kappa shape index (κ3) is 2.80. The van der Waals surface area contributed by atoms with Gasteiger partial charge in [0.1, 0.15) is 0 Å². The molecule has 1 aliphatic heterocycles. The molecule has 106 valence electrons. The first-order chi connectivity index (χ1) is 8.27. The minimum absolute atomic E-state index is 0.0960. The van der Waals surface area contributed by atoms with E-state index in [0.29, 0.717) is 5.92 Å². The Kier molecular flexibility index (Phi) is 3.63. The fourth-order valence-electron chi connectivity index (χ4n) is 2.67. The molecule has 4 nitrogen and oxygen atoms in total. The van der Waals surface area contributed by atoms with Crippen molar-refractivity contribution in [3.05, 3.63) is 0 Å². The summed E-state index contributed by atoms with van der Waals surface area (Å²) >= 11 is 0. The molecule has 0 aromatic heterocycles. The number of sulfonamides is 1. The van der Waals surface area contributed by atoms with Crippen molar-refractivity contribution in [1.82, 2.24) is 10.0 Å². The van der Waals surface area contributed by atoms with E-state index in [-0.39, 0.29) is 12.0 Å². The van der Waals surface area contributed by atoms with Gasteiger partial charge in [0, 0.05) is 6.54 Å². The first kappa shape index (κ1) is 14.1. The van der Waals surface area contributed by atoms with E-state index in [4.69, 9.17) is 0 Å². The van der Waals surface area contributed by atoms with Crippen LogP contribution in [-0.2, 0) is 10.0 Å². The van der Waals surface area contributed by atoms with Gasteiger partial charge in [-0.15, -0.1) is 0 Å². The molecule has 2 aliphatic rings. The molecule has 2 fully saturated rings. The highest BCUT2D eigenvalue weighted by atomic mass is 32.2. The smallest absolute Gasteiger partial charge is 0.317 e. The van der Waals surface area contributed by atoms with Crippen LogP contribution in [0, 0.1) is 11.3 Å². The van der Waals surface area contributed by atoms with Crippen LogP contribution in [0.2, 0.25) is 0 Å². The maximum absolute atomic E-state index is 12.3. The van der Waals surface area contributed by atoms with Gasteiger partial charge < -0.3 is 5.32 Å². The molecule has 0 atom stereocenters. The molecule has 2 rings (SSSR count). The molecule has 0 unspecified atom stereocenters. The number of hydrogen-bond donors (Lipinski definition) is 2. The van der Waals surface area contributed by atoms with Gasteiger partial charge in [-0.3, -0.25) is 0 Å². The molecular formula is C10H17F3N2O2S. The van der Waals surface area contributed by atoms with Crippen LogP contribution in [0.3, 0.4) is 0 Å². The van der Waals surface area contributed by atoms with Crippen molar-refractivity contribution in [2.45, 2.75) is 31.2 Å². The van der Waals surface area contributed by atoms with Gasteiger partial charge in [-0.25, -0.2) is 13.1 Å². The Morgan fingerprint density at radius 2 is 1.78 bits per heavy atom. The molecule has 1 heterocycles. The maximum Gasteiger partial charge on any atom is 0.511 e. The van der Waals surface area contributed by atoms with Gasteiger partial charge in [-0.2, -0.15) is 13.2 Å². The Morgan fingerprint density at radius 3 is 2.22 bits per heavy atom. The van der Waals surface area contributed by atoms with Gasteiger partial charge in [0.25, 0.3) is 0 Å². The van der Waals surface area contributed by atoms with E-state index in [1.54, 1.807) is 4.72 Å². The van der Waals surface area contributed by atoms with Crippen LogP contribution in [-0.4, -0.2) is 33.6 Å². The third-order valence-electron chi connectivity index (χ3n) is 3.96. The Balaban J connectivity index is 2.03. The maximum atomic E-state index is 12.3. The number of hydrogen-bond acceptors (Lipinski definition) is 3. The molecule has 0 spiro atoms. The molecule has 0 amide bonds.